The Balaban J connectivity index is 2.47. The number of sulfonamides is 1. The van der Waals surface area contributed by atoms with Crippen LogP contribution >= 0.6 is 27.5 Å². The van der Waals surface area contributed by atoms with E-state index in [9.17, 15) is 13.2 Å². The van der Waals surface area contributed by atoms with Crippen LogP contribution in [0.4, 0.5) is 5.69 Å². The molecule has 0 aliphatic heterocycles. The Labute approximate surface area is 134 Å². The van der Waals surface area contributed by atoms with Gasteiger partial charge in [-0.15, -0.1) is 0 Å². The second-order valence-electron chi connectivity index (χ2n) is 4.03. The maximum atomic E-state index is 12.3. The van der Waals surface area contributed by atoms with Crippen LogP contribution in [0.1, 0.15) is 10.4 Å². The number of anilines is 1. The molecule has 21 heavy (non-hydrogen) atoms. The molecule has 0 unspecified atom stereocenters. The molecule has 0 spiro atoms. The number of carboxylic acids is 1. The van der Waals surface area contributed by atoms with Crippen molar-refractivity contribution in [1.82, 2.24) is 0 Å². The molecule has 2 N–H and O–H groups in total. The predicted octanol–water partition coefficient (Wildman–Crippen LogP) is 3.60. The van der Waals surface area contributed by atoms with Crippen molar-refractivity contribution in [3.63, 3.8) is 0 Å². The Hall–Kier alpha value is -1.57. The summed E-state index contributed by atoms with van der Waals surface area (Å²) in [6, 6.07) is 10.1. The van der Waals surface area contributed by atoms with Crippen molar-refractivity contribution in [3.8, 4) is 0 Å². The molecule has 2 aromatic rings. The lowest BCUT2D eigenvalue weighted by Gasteiger charge is -2.11. The SMILES string of the molecule is O=C(O)c1cc(Br)ccc1NS(=O)(=O)c1ccccc1Cl. The number of hydrogen-bond donors (Lipinski definition) is 2. The summed E-state index contributed by atoms with van der Waals surface area (Å²) in [5.74, 6) is -1.24. The first-order valence-electron chi connectivity index (χ1n) is 5.61. The van der Waals surface area contributed by atoms with Gasteiger partial charge in [0.05, 0.1) is 16.3 Å². The van der Waals surface area contributed by atoms with Crippen molar-refractivity contribution in [3.05, 3.63) is 57.5 Å². The van der Waals surface area contributed by atoms with E-state index in [2.05, 4.69) is 20.7 Å². The van der Waals surface area contributed by atoms with Gasteiger partial charge in [0.2, 0.25) is 0 Å². The highest BCUT2D eigenvalue weighted by molar-refractivity contribution is 9.10. The first kappa shape index (κ1) is 15.8. The van der Waals surface area contributed by atoms with Crippen LogP contribution in [0.25, 0.3) is 0 Å². The Morgan fingerprint density at radius 3 is 2.48 bits per heavy atom. The monoisotopic (exact) mass is 389 g/mol. The maximum Gasteiger partial charge on any atom is 0.337 e. The van der Waals surface area contributed by atoms with Crippen LogP contribution in [0.2, 0.25) is 5.02 Å². The molecular weight excluding hydrogens is 382 g/mol. The second-order valence-corrected chi connectivity index (χ2v) is 7.00. The van der Waals surface area contributed by atoms with Crippen LogP contribution in [0.15, 0.2) is 51.8 Å². The van der Waals surface area contributed by atoms with Crippen LogP contribution in [-0.4, -0.2) is 19.5 Å². The molecule has 2 aromatic carbocycles. The molecule has 0 aromatic heterocycles. The minimum absolute atomic E-state index is 0.0365. The maximum absolute atomic E-state index is 12.3. The minimum Gasteiger partial charge on any atom is -0.478 e. The van der Waals surface area contributed by atoms with Gasteiger partial charge in [0.15, 0.2) is 0 Å². The molecule has 0 amide bonds. The van der Waals surface area contributed by atoms with Crippen LogP contribution in [0.3, 0.4) is 0 Å². The summed E-state index contributed by atoms with van der Waals surface area (Å²) < 4.78 is 27.3. The van der Waals surface area contributed by atoms with Gasteiger partial charge in [-0.2, -0.15) is 0 Å². The Bertz CT molecular complexity index is 808. The van der Waals surface area contributed by atoms with Gasteiger partial charge in [0, 0.05) is 4.47 Å². The topological polar surface area (TPSA) is 83.5 Å². The number of aromatic carboxylic acids is 1. The van der Waals surface area contributed by atoms with Crippen molar-refractivity contribution in [1.29, 1.82) is 0 Å². The van der Waals surface area contributed by atoms with E-state index in [0.29, 0.717) is 4.47 Å². The average molecular weight is 391 g/mol. The van der Waals surface area contributed by atoms with Crippen molar-refractivity contribution >= 4 is 49.2 Å². The van der Waals surface area contributed by atoms with Gasteiger partial charge in [-0.1, -0.05) is 39.7 Å². The van der Waals surface area contributed by atoms with Gasteiger partial charge in [0.1, 0.15) is 4.90 Å². The van der Waals surface area contributed by atoms with Gasteiger partial charge in [0.25, 0.3) is 10.0 Å². The smallest absolute Gasteiger partial charge is 0.337 e. The normalized spacial score (nSPS) is 11.1. The number of hydrogen-bond acceptors (Lipinski definition) is 3. The standard InChI is InChI=1S/C13H9BrClNO4S/c14-8-5-6-11(9(7-8)13(17)18)16-21(19,20)12-4-2-1-3-10(12)15/h1-7,16H,(H,17,18). The summed E-state index contributed by atoms with van der Waals surface area (Å²) in [5.41, 5.74) is -0.203. The van der Waals surface area contributed by atoms with E-state index in [1.807, 2.05) is 0 Å². The second kappa shape index (κ2) is 6.05. The first-order valence-corrected chi connectivity index (χ1v) is 8.27. The van der Waals surface area contributed by atoms with E-state index in [1.54, 1.807) is 6.07 Å². The van der Waals surface area contributed by atoms with E-state index < -0.39 is 16.0 Å². The van der Waals surface area contributed by atoms with Crippen molar-refractivity contribution < 1.29 is 18.3 Å². The molecule has 0 heterocycles. The van der Waals surface area contributed by atoms with E-state index in [-0.39, 0.29) is 21.2 Å². The average Bonchev–Trinajstić information content (AvgIpc) is 2.40. The van der Waals surface area contributed by atoms with E-state index >= 15 is 0 Å². The molecule has 0 radical (unpaired) electrons. The van der Waals surface area contributed by atoms with Crippen molar-refractivity contribution in [2.45, 2.75) is 4.90 Å². The number of benzene rings is 2. The number of halogens is 2. The first-order chi connectivity index (χ1) is 9.81. The molecule has 110 valence electrons. The Morgan fingerprint density at radius 2 is 1.86 bits per heavy atom. The molecule has 0 aliphatic carbocycles. The molecule has 0 atom stereocenters. The highest BCUT2D eigenvalue weighted by Gasteiger charge is 2.20. The van der Waals surface area contributed by atoms with Crippen molar-refractivity contribution in [2.75, 3.05) is 4.72 Å². The lowest BCUT2D eigenvalue weighted by atomic mass is 10.2. The zero-order valence-electron chi connectivity index (χ0n) is 10.4. The third kappa shape index (κ3) is 3.55. The highest BCUT2D eigenvalue weighted by Crippen LogP contribution is 2.26. The van der Waals surface area contributed by atoms with Crippen LogP contribution in [0, 0.1) is 0 Å². The molecule has 0 fully saturated rings. The van der Waals surface area contributed by atoms with Gasteiger partial charge >= 0.3 is 5.97 Å². The van der Waals surface area contributed by atoms with E-state index in [4.69, 9.17) is 16.7 Å². The predicted molar refractivity (Wildman–Crippen MR) is 83.4 cm³/mol. The van der Waals surface area contributed by atoms with E-state index in [0.717, 1.165) is 0 Å². The summed E-state index contributed by atoms with van der Waals surface area (Å²) in [6.07, 6.45) is 0. The molecule has 2 rings (SSSR count). The number of carbonyl (C=O) groups is 1. The fourth-order valence-electron chi connectivity index (χ4n) is 1.64. The molecule has 0 saturated carbocycles. The zero-order valence-corrected chi connectivity index (χ0v) is 13.5. The van der Waals surface area contributed by atoms with Crippen LogP contribution in [-0.2, 0) is 10.0 Å². The third-order valence-electron chi connectivity index (χ3n) is 2.58. The number of nitrogens with one attached hydrogen (secondary N) is 1. The summed E-state index contributed by atoms with van der Waals surface area (Å²) >= 11 is 9.00. The summed E-state index contributed by atoms with van der Waals surface area (Å²) in [6.45, 7) is 0. The summed E-state index contributed by atoms with van der Waals surface area (Å²) in [5, 5.41) is 9.18. The molecule has 0 aliphatic rings. The summed E-state index contributed by atoms with van der Waals surface area (Å²) in [7, 11) is -3.97. The number of rotatable bonds is 4. The van der Waals surface area contributed by atoms with Gasteiger partial charge in [-0.05, 0) is 30.3 Å². The van der Waals surface area contributed by atoms with Gasteiger partial charge in [-0.25, -0.2) is 13.2 Å². The van der Waals surface area contributed by atoms with Gasteiger partial charge < -0.3 is 5.11 Å². The largest absolute Gasteiger partial charge is 0.478 e. The molecule has 0 bridgehead atoms. The molecule has 5 nitrogen and oxygen atoms in total. The molecule has 8 heteroatoms. The summed E-state index contributed by atoms with van der Waals surface area (Å²) in [4.78, 5) is 11.1. The minimum atomic E-state index is -3.97. The van der Waals surface area contributed by atoms with Crippen molar-refractivity contribution in [2.24, 2.45) is 0 Å². The Kier molecular flexibility index (Phi) is 4.55. The quantitative estimate of drug-likeness (QED) is 0.835. The van der Waals surface area contributed by atoms with E-state index in [1.165, 1.54) is 36.4 Å². The highest BCUT2D eigenvalue weighted by atomic mass is 79.9. The molecule has 0 saturated heterocycles. The van der Waals surface area contributed by atoms with Crippen LogP contribution < -0.4 is 4.72 Å². The van der Waals surface area contributed by atoms with Gasteiger partial charge in [-0.3, -0.25) is 4.72 Å². The lowest BCUT2D eigenvalue weighted by molar-refractivity contribution is 0.0698. The number of carboxylic acid groups (broad SMARTS) is 1. The Morgan fingerprint density at radius 1 is 1.19 bits per heavy atom. The van der Waals surface area contributed by atoms with Crippen LogP contribution in [0.5, 0.6) is 0 Å². The zero-order chi connectivity index (χ0) is 15.6. The molecular formula is C13H9BrClNO4S. The fraction of sp³-hybridized carbons (Fsp3) is 0. The fourth-order valence-corrected chi connectivity index (χ4v) is 3.61. The lowest BCUT2D eigenvalue weighted by Crippen LogP contribution is -2.16. The third-order valence-corrected chi connectivity index (χ3v) is 4.94.